The third-order valence-electron chi connectivity index (χ3n) is 5.23. The van der Waals surface area contributed by atoms with Crippen LogP contribution < -0.4 is 9.62 Å². The van der Waals surface area contributed by atoms with Gasteiger partial charge in [-0.1, -0.05) is 43.2 Å². The zero-order chi connectivity index (χ0) is 24.6. The van der Waals surface area contributed by atoms with Gasteiger partial charge in [0.2, 0.25) is 21.8 Å². The van der Waals surface area contributed by atoms with Crippen LogP contribution in [0.25, 0.3) is 0 Å². The van der Waals surface area contributed by atoms with Gasteiger partial charge in [-0.05, 0) is 72.7 Å². The maximum absolute atomic E-state index is 13.4. The van der Waals surface area contributed by atoms with E-state index >= 15 is 0 Å². The molecule has 0 aromatic heterocycles. The fraction of sp³-hybridized carbons (Fsp3) is 0.417. The maximum atomic E-state index is 13.4. The molecule has 0 radical (unpaired) electrons. The Bertz CT molecular complexity index is 1060. The number of aryl methyl sites for hydroxylation is 1. The smallest absolute Gasteiger partial charge is 0.244 e. The van der Waals surface area contributed by atoms with E-state index in [4.69, 9.17) is 0 Å². The number of nitrogens with one attached hydrogen (secondary N) is 1. The van der Waals surface area contributed by atoms with Crippen molar-refractivity contribution in [3.63, 3.8) is 0 Å². The summed E-state index contributed by atoms with van der Waals surface area (Å²) in [6, 6.07) is 13.8. The van der Waals surface area contributed by atoms with Gasteiger partial charge in [-0.25, -0.2) is 8.42 Å². The summed E-state index contributed by atoms with van der Waals surface area (Å²) in [5.41, 5.74) is 2.31. The first kappa shape index (κ1) is 27.1. The first-order chi connectivity index (χ1) is 15.5. The molecule has 0 heterocycles. The van der Waals surface area contributed by atoms with E-state index in [9.17, 15) is 18.0 Å². The number of rotatable bonds is 11. The van der Waals surface area contributed by atoms with Crippen molar-refractivity contribution < 1.29 is 18.0 Å². The number of amides is 2. The van der Waals surface area contributed by atoms with E-state index in [1.807, 2.05) is 38.1 Å². The van der Waals surface area contributed by atoms with E-state index in [1.54, 1.807) is 31.2 Å². The second-order valence-corrected chi connectivity index (χ2v) is 11.2. The molecule has 0 aliphatic carbocycles. The molecule has 2 aromatic carbocycles. The second-order valence-electron chi connectivity index (χ2n) is 8.08. The predicted octanol–water partition coefficient (Wildman–Crippen LogP) is 3.70. The molecule has 33 heavy (non-hydrogen) atoms. The number of hydrogen-bond acceptors (Lipinski definition) is 4. The molecule has 0 aliphatic heterocycles. The number of carbonyl (C=O) groups is 2. The second kappa shape index (κ2) is 12.4. The summed E-state index contributed by atoms with van der Waals surface area (Å²) in [6.45, 7) is 6.01. The van der Waals surface area contributed by atoms with E-state index in [1.165, 1.54) is 4.90 Å². The molecule has 2 rings (SSSR count). The summed E-state index contributed by atoms with van der Waals surface area (Å²) in [4.78, 5) is 27.7. The van der Waals surface area contributed by atoms with Crippen molar-refractivity contribution in [1.82, 2.24) is 10.2 Å². The quantitative estimate of drug-likeness (QED) is 0.322. The molecule has 0 fully saturated rings. The lowest BCUT2D eigenvalue weighted by molar-refractivity contribution is -0.139. The minimum Gasteiger partial charge on any atom is -0.354 e. The zero-order valence-electron chi connectivity index (χ0n) is 19.5. The fourth-order valence-electron chi connectivity index (χ4n) is 3.35. The number of hydrogen-bond donors (Lipinski definition) is 1. The first-order valence-electron chi connectivity index (χ1n) is 10.9. The normalized spacial score (nSPS) is 12.2. The minimum absolute atomic E-state index is 0.202. The molecule has 0 saturated heterocycles. The largest absolute Gasteiger partial charge is 0.354 e. The van der Waals surface area contributed by atoms with Gasteiger partial charge in [-0.3, -0.25) is 13.9 Å². The number of sulfonamides is 1. The van der Waals surface area contributed by atoms with Crippen molar-refractivity contribution in [2.75, 3.05) is 23.7 Å². The van der Waals surface area contributed by atoms with Gasteiger partial charge in [0, 0.05) is 16.7 Å². The van der Waals surface area contributed by atoms with Crippen LogP contribution in [0.4, 0.5) is 5.69 Å². The lowest BCUT2D eigenvalue weighted by Gasteiger charge is -2.31. The van der Waals surface area contributed by atoms with Gasteiger partial charge in [-0.2, -0.15) is 0 Å². The highest BCUT2D eigenvalue weighted by Crippen LogP contribution is 2.20. The maximum Gasteiger partial charge on any atom is 0.244 e. The third kappa shape index (κ3) is 8.29. The Balaban J connectivity index is 2.33. The number of benzene rings is 2. The molecule has 2 aromatic rings. The van der Waals surface area contributed by atoms with E-state index in [2.05, 4.69) is 27.9 Å². The van der Waals surface area contributed by atoms with E-state index < -0.39 is 28.5 Å². The van der Waals surface area contributed by atoms with Crippen LogP contribution in [0.2, 0.25) is 0 Å². The van der Waals surface area contributed by atoms with Crippen LogP contribution >= 0.6 is 22.6 Å². The fourth-order valence-corrected chi connectivity index (χ4v) is 4.56. The average molecular weight is 586 g/mol. The van der Waals surface area contributed by atoms with Gasteiger partial charge in [0.1, 0.15) is 12.6 Å². The van der Waals surface area contributed by atoms with Crippen molar-refractivity contribution in [3.05, 3.63) is 63.2 Å². The van der Waals surface area contributed by atoms with Gasteiger partial charge in [0.15, 0.2) is 0 Å². The van der Waals surface area contributed by atoms with Crippen LogP contribution in [0.5, 0.6) is 0 Å². The standard InChI is InChI=1S/C24H32IN3O4S/c1-5-6-14-26-24(30)19(3)27(16-20-9-7-8-18(2)15-20)23(29)17-28(33(4,31)32)22-12-10-21(25)11-13-22/h7-13,15,19H,5-6,14,16-17H2,1-4H3,(H,26,30)/t19-/m0/s1. The monoisotopic (exact) mass is 585 g/mol. The number of nitrogens with zero attached hydrogens (tertiary/aromatic N) is 2. The Hall–Kier alpha value is -2.14. The number of anilines is 1. The summed E-state index contributed by atoms with van der Waals surface area (Å²) in [6.07, 6.45) is 2.86. The Labute approximate surface area is 210 Å². The number of carbonyl (C=O) groups excluding carboxylic acids is 2. The molecule has 1 N–H and O–H groups in total. The summed E-state index contributed by atoms with van der Waals surface area (Å²) >= 11 is 2.13. The van der Waals surface area contributed by atoms with Gasteiger partial charge in [-0.15, -0.1) is 0 Å². The Kier molecular flexibility index (Phi) is 10.2. The van der Waals surface area contributed by atoms with Crippen LogP contribution in [0, 0.1) is 10.5 Å². The first-order valence-corrected chi connectivity index (χ1v) is 13.8. The van der Waals surface area contributed by atoms with Crippen LogP contribution in [0.1, 0.15) is 37.8 Å². The molecule has 0 saturated carbocycles. The number of unbranched alkanes of at least 4 members (excludes halogenated alkanes) is 1. The molecule has 0 aliphatic rings. The van der Waals surface area contributed by atoms with Crippen molar-refractivity contribution in [2.45, 2.75) is 46.2 Å². The highest BCUT2D eigenvalue weighted by atomic mass is 127. The molecular weight excluding hydrogens is 553 g/mol. The summed E-state index contributed by atoms with van der Waals surface area (Å²) in [5, 5.41) is 2.87. The predicted molar refractivity (Wildman–Crippen MR) is 140 cm³/mol. The average Bonchev–Trinajstić information content (AvgIpc) is 2.75. The topological polar surface area (TPSA) is 86.8 Å². The van der Waals surface area contributed by atoms with E-state index in [0.29, 0.717) is 12.2 Å². The summed E-state index contributed by atoms with van der Waals surface area (Å²) in [5.74, 6) is -0.705. The van der Waals surface area contributed by atoms with Gasteiger partial charge in [0.05, 0.1) is 11.9 Å². The Morgan fingerprint density at radius 2 is 1.79 bits per heavy atom. The molecular formula is C24H32IN3O4S. The van der Waals surface area contributed by atoms with Crippen LogP contribution in [-0.2, 0) is 26.2 Å². The molecule has 2 amide bonds. The van der Waals surface area contributed by atoms with Crippen LogP contribution in [-0.4, -0.2) is 50.5 Å². The molecule has 7 nitrogen and oxygen atoms in total. The summed E-state index contributed by atoms with van der Waals surface area (Å²) < 4.78 is 27.1. The molecule has 0 spiro atoms. The minimum atomic E-state index is -3.72. The SMILES string of the molecule is CCCCNC(=O)[C@H](C)N(Cc1cccc(C)c1)C(=O)CN(c1ccc(I)cc1)S(C)(=O)=O. The third-order valence-corrected chi connectivity index (χ3v) is 7.09. The molecule has 0 unspecified atom stereocenters. The lowest BCUT2D eigenvalue weighted by Crippen LogP contribution is -2.51. The van der Waals surface area contributed by atoms with Crippen molar-refractivity contribution in [1.29, 1.82) is 0 Å². The zero-order valence-corrected chi connectivity index (χ0v) is 22.5. The lowest BCUT2D eigenvalue weighted by atomic mass is 10.1. The highest BCUT2D eigenvalue weighted by molar-refractivity contribution is 14.1. The molecule has 180 valence electrons. The molecule has 9 heteroatoms. The van der Waals surface area contributed by atoms with Crippen LogP contribution in [0.15, 0.2) is 48.5 Å². The molecule has 0 bridgehead atoms. The van der Waals surface area contributed by atoms with Crippen molar-refractivity contribution >= 4 is 50.1 Å². The Morgan fingerprint density at radius 3 is 2.36 bits per heavy atom. The Morgan fingerprint density at radius 1 is 1.12 bits per heavy atom. The van der Waals surface area contributed by atoms with E-state index in [-0.39, 0.29) is 12.5 Å². The number of halogens is 1. The van der Waals surface area contributed by atoms with E-state index in [0.717, 1.165) is 38.1 Å². The summed E-state index contributed by atoms with van der Waals surface area (Å²) in [7, 11) is -3.72. The van der Waals surface area contributed by atoms with Gasteiger partial charge < -0.3 is 10.2 Å². The van der Waals surface area contributed by atoms with Crippen LogP contribution in [0.3, 0.4) is 0 Å². The van der Waals surface area contributed by atoms with Crippen molar-refractivity contribution in [3.8, 4) is 0 Å². The highest BCUT2D eigenvalue weighted by Gasteiger charge is 2.30. The van der Waals surface area contributed by atoms with Gasteiger partial charge in [0.25, 0.3) is 0 Å². The molecule has 1 atom stereocenters. The van der Waals surface area contributed by atoms with Crippen molar-refractivity contribution in [2.24, 2.45) is 0 Å². The van der Waals surface area contributed by atoms with Gasteiger partial charge >= 0.3 is 0 Å².